The molecule has 0 spiro atoms. The number of carbonyl (C=O) groups excluding carboxylic acids is 2. The van der Waals surface area contributed by atoms with Gasteiger partial charge < -0.3 is 5.32 Å². The number of thiophene rings is 1. The van der Waals surface area contributed by atoms with E-state index in [-0.39, 0.29) is 40.8 Å². The van der Waals surface area contributed by atoms with Gasteiger partial charge in [-0.15, -0.1) is 23.1 Å². The minimum absolute atomic E-state index is 0.0240. The van der Waals surface area contributed by atoms with Crippen molar-refractivity contribution in [3.63, 3.8) is 0 Å². The summed E-state index contributed by atoms with van der Waals surface area (Å²) < 4.78 is 1.76. The highest BCUT2D eigenvalue weighted by molar-refractivity contribution is 8.00. The first-order chi connectivity index (χ1) is 16.6. The molecule has 0 bridgehead atoms. The molecule has 1 aliphatic heterocycles. The number of nitrogens with one attached hydrogen (secondary N) is 1. The number of hydrogen-bond acceptors (Lipinski definition) is 5. The second kappa shape index (κ2) is 10.4. The standard InChI is InChI=1S/C26H31ClN4O2S2/c1-6-16(2)28-20(32)14-30-21(33)15-35-23(19-12-9-13-34-19)22-24(26(3,4)5)29-31(25(22)30)18-11-8-7-10-17(18)27/h7-13,16,23H,6,14-15H2,1-5H3,(H,28,32)/t16-,23+/m1/s1. The third kappa shape index (κ3) is 5.29. The summed E-state index contributed by atoms with van der Waals surface area (Å²) in [4.78, 5) is 29.3. The minimum Gasteiger partial charge on any atom is -0.352 e. The van der Waals surface area contributed by atoms with Gasteiger partial charge in [0.2, 0.25) is 11.8 Å². The quantitative estimate of drug-likeness (QED) is 0.426. The Bertz CT molecular complexity index is 1220. The molecule has 2 atom stereocenters. The monoisotopic (exact) mass is 530 g/mol. The molecule has 3 heterocycles. The van der Waals surface area contributed by atoms with Crippen LogP contribution in [0.3, 0.4) is 0 Å². The topological polar surface area (TPSA) is 67.2 Å². The van der Waals surface area contributed by atoms with E-state index in [0.717, 1.165) is 22.6 Å². The Morgan fingerprint density at radius 2 is 2.00 bits per heavy atom. The van der Waals surface area contributed by atoms with Crippen molar-refractivity contribution in [2.75, 3.05) is 17.2 Å². The second-order valence-corrected chi connectivity index (χ2v) is 12.2. The molecule has 3 aromatic rings. The smallest absolute Gasteiger partial charge is 0.240 e. The van der Waals surface area contributed by atoms with Crippen molar-refractivity contribution < 1.29 is 9.59 Å². The highest BCUT2D eigenvalue weighted by Crippen LogP contribution is 2.49. The van der Waals surface area contributed by atoms with Gasteiger partial charge in [0, 0.05) is 21.9 Å². The number of amides is 2. The number of nitrogens with zero attached hydrogens (tertiary/aromatic N) is 3. The molecule has 0 saturated carbocycles. The average molecular weight is 531 g/mol. The van der Waals surface area contributed by atoms with E-state index in [9.17, 15) is 9.59 Å². The van der Waals surface area contributed by atoms with Crippen molar-refractivity contribution in [3.05, 3.63) is 62.9 Å². The van der Waals surface area contributed by atoms with Crippen LogP contribution < -0.4 is 10.2 Å². The molecule has 2 amide bonds. The summed E-state index contributed by atoms with van der Waals surface area (Å²) in [5.41, 5.74) is 2.23. The van der Waals surface area contributed by atoms with Crippen LogP contribution in [0.4, 0.5) is 5.82 Å². The Balaban J connectivity index is 1.98. The van der Waals surface area contributed by atoms with Crippen LogP contribution in [0.2, 0.25) is 5.02 Å². The molecule has 0 saturated heterocycles. The van der Waals surface area contributed by atoms with E-state index < -0.39 is 0 Å². The first kappa shape index (κ1) is 25.8. The van der Waals surface area contributed by atoms with Gasteiger partial charge in [0.05, 0.1) is 27.4 Å². The largest absolute Gasteiger partial charge is 0.352 e. The zero-order valence-corrected chi connectivity index (χ0v) is 23.1. The molecule has 4 rings (SSSR count). The van der Waals surface area contributed by atoms with Crippen LogP contribution in [0.25, 0.3) is 5.69 Å². The Morgan fingerprint density at radius 1 is 1.26 bits per heavy atom. The molecule has 0 unspecified atom stereocenters. The number of aromatic nitrogens is 2. The Hall–Kier alpha value is -2.29. The fourth-order valence-electron chi connectivity index (χ4n) is 4.10. The van der Waals surface area contributed by atoms with Crippen LogP contribution in [-0.4, -0.2) is 39.9 Å². The molecular weight excluding hydrogens is 500 g/mol. The van der Waals surface area contributed by atoms with Gasteiger partial charge in [0.15, 0.2) is 0 Å². The fourth-order valence-corrected chi connectivity index (χ4v) is 6.49. The molecule has 2 aromatic heterocycles. The van der Waals surface area contributed by atoms with Crippen molar-refractivity contribution in [1.82, 2.24) is 15.1 Å². The average Bonchev–Trinajstić information content (AvgIpc) is 3.44. The molecule has 9 heteroatoms. The fraction of sp³-hybridized carbons (Fsp3) is 0.423. The summed E-state index contributed by atoms with van der Waals surface area (Å²) in [5, 5.41) is 10.6. The van der Waals surface area contributed by atoms with E-state index in [0.29, 0.717) is 16.5 Å². The van der Waals surface area contributed by atoms with E-state index in [2.05, 4.69) is 37.5 Å². The zero-order chi connectivity index (χ0) is 25.3. The van der Waals surface area contributed by atoms with Crippen LogP contribution in [-0.2, 0) is 15.0 Å². The molecule has 0 radical (unpaired) electrons. The number of fused-ring (bicyclic) bond motifs is 1. The van der Waals surface area contributed by atoms with E-state index in [1.54, 1.807) is 32.7 Å². The number of hydrogen-bond donors (Lipinski definition) is 1. The summed E-state index contributed by atoms with van der Waals surface area (Å²) in [6.45, 7) is 10.3. The maximum Gasteiger partial charge on any atom is 0.240 e. The Labute approximate surface area is 220 Å². The maximum atomic E-state index is 13.6. The lowest BCUT2D eigenvalue weighted by molar-refractivity contribution is -0.123. The van der Waals surface area contributed by atoms with Crippen molar-refractivity contribution in [1.29, 1.82) is 0 Å². The lowest BCUT2D eigenvalue weighted by atomic mass is 9.88. The van der Waals surface area contributed by atoms with E-state index in [1.807, 2.05) is 44.2 Å². The highest BCUT2D eigenvalue weighted by atomic mass is 35.5. The molecule has 186 valence electrons. The van der Waals surface area contributed by atoms with Crippen molar-refractivity contribution in [3.8, 4) is 5.69 Å². The van der Waals surface area contributed by atoms with Gasteiger partial charge in [-0.05, 0) is 36.9 Å². The van der Waals surface area contributed by atoms with Crippen molar-refractivity contribution in [2.24, 2.45) is 0 Å². The third-order valence-electron chi connectivity index (χ3n) is 6.00. The SMILES string of the molecule is CC[C@@H](C)NC(=O)CN1C(=O)CS[C@@H](c2cccs2)c2c(C(C)(C)C)nn(-c3ccccc3Cl)c21. The van der Waals surface area contributed by atoms with Gasteiger partial charge in [0.1, 0.15) is 12.4 Å². The van der Waals surface area contributed by atoms with E-state index in [1.165, 1.54) is 0 Å². The second-order valence-electron chi connectivity index (χ2n) is 9.76. The Morgan fingerprint density at radius 3 is 2.63 bits per heavy atom. The minimum atomic E-state index is -0.301. The molecule has 6 nitrogen and oxygen atoms in total. The van der Waals surface area contributed by atoms with Gasteiger partial charge in [0.25, 0.3) is 0 Å². The van der Waals surface area contributed by atoms with Crippen molar-refractivity contribution >= 4 is 52.3 Å². The predicted molar refractivity (Wildman–Crippen MR) is 146 cm³/mol. The number of rotatable bonds is 6. The van der Waals surface area contributed by atoms with Gasteiger partial charge in [-0.1, -0.05) is 57.5 Å². The number of anilines is 1. The lowest BCUT2D eigenvalue weighted by Crippen LogP contribution is -2.44. The number of thioether (sulfide) groups is 1. The summed E-state index contributed by atoms with van der Waals surface area (Å²) in [6, 6.07) is 11.6. The molecular formula is C26H31ClN4O2S2. The molecule has 35 heavy (non-hydrogen) atoms. The first-order valence-corrected chi connectivity index (χ1v) is 14.1. The van der Waals surface area contributed by atoms with Crippen LogP contribution in [0.5, 0.6) is 0 Å². The first-order valence-electron chi connectivity index (χ1n) is 11.7. The number of benzene rings is 1. The van der Waals surface area contributed by atoms with Gasteiger partial charge >= 0.3 is 0 Å². The summed E-state index contributed by atoms with van der Waals surface area (Å²) in [5.74, 6) is 0.571. The normalized spacial score (nSPS) is 17.1. The van der Waals surface area contributed by atoms with Gasteiger partial charge in [-0.25, -0.2) is 4.68 Å². The van der Waals surface area contributed by atoms with Crippen LogP contribution in [0.15, 0.2) is 41.8 Å². The lowest BCUT2D eigenvalue weighted by Gasteiger charge is -2.25. The molecule has 0 fully saturated rings. The Kier molecular flexibility index (Phi) is 7.64. The molecule has 1 aromatic carbocycles. The van der Waals surface area contributed by atoms with Crippen LogP contribution in [0, 0.1) is 0 Å². The van der Waals surface area contributed by atoms with Crippen LogP contribution >= 0.6 is 34.7 Å². The predicted octanol–water partition coefficient (Wildman–Crippen LogP) is 5.97. The maximum absolute atomic E-state index is 13.6. The van der Waals surface area contributed by atoms with E-state index in [4.69, 9.17) is 16.7 Å². The third-order valence-corrected chi connectivity index (χ3v) is 8.65. The summed E-state index contributed by atoms with van der Waals surface area (Å²) in [6.07, 6.45) is 0.812. The van der Waals surface area contributed by atoms with Crippen LogP contribution in [0.1, 0.15) is 62.4 Å². The summed E-state index contributed by atoms with van der Waals surface area (Å²) in [7, 11) is 0. The van der Waals surface area contributed by atoms with Gasteiger partial charge in [-0.3, -0.25) is 14.5 Å². The molecule has 1 N–H and O–H groups in total. The molecule has 0 aliphatic carbocycles. The van der Waals surface area contributed by atoms with E-state index >= 15 is 0 Å². The highest BCUT2D eigenvalue weighted by Gasteiger charge is 2.40. The molecule has 1 aliphatic rings. The number of carbonyl (C=O) groups is 2. The summed E-state index contributed by atoms with van der Waals surface area (Å²) >= 11 is 9.88. The number of para-hydroxylation sites is 1. The van der Waals surface area contributed by atoms with Gasteiger partial charge in [-0.2, -0.15) is 5.10 Å². The number of halogens is 1. The van der Waals surface area contributed by atoms with Crippen molar-refractivity contribution in [2.45, 2.75) is 57.7 Å². The zero-order valence-electron chi connectivity index (χ0n) is 20.7.